The van der Waals surface area contributed by atoms with Crippen molar-refractivity contribution in [2.45, 2.75) is 60.1 Å². The number of imidazole rings is 1. The van der Waals surface area contributed by atoms with Crippen molar-refractivity contribution in [2.24, 2.45) is 30.7 Å². The molecule has 2 amide bonds. The summed E-state index contributed by atoms with van der Waals surface area (Å²) in [5.74, 6) is -3.53. The van der Waals surface area contributed by atoms with E-state index < -0.39 is 106 Å². The molecule has 0 spiro atoms. The second-order valence-electron chi connectivity index (χ2n) is 18.1. The minimum atomic E-state index is -5.11. The lowest BCUT2D eigenvalue weighted by Gasteiger charge is -2.13. The molecule has 8 aromatic rings. The highest BCUT2D eigenvalue weighted by Gasteiger charge is 2.28. The van der Waals surface area contributed by atoms with Gasteiger partial charge in [-0.05, 0) is 91.9 Å². The summed E-state index contributed by atoms with van der Waals surface area (Å²) < 4.78 is 177. The first kappa shape index (κ1) is 63.0. The second kappa shape index (κ2) is 24.1. The van der Waals surface area contributed by atoms with Crippen LogP contribution in [0.5, 0.6) is 11.6 Å². The summed E-state index contributed by atoms with van der Waals surface area (Å²) in [5.41, 5.74) is -1.77. The number of thioether (sulfide) groups is 1. The van der Waals surface area contributed by atoms with Crippen LogP contribution in [0.25, 0.3) is 37.7 Å². The molecule has 3 aromatic heterocycles. The van der Waals surface area contributed by atoms with Crippen molar-refractivity contribution in [1.82, 2.24) is 14.4 Å². The fourth-order valence-corrected chi connectivity index (χ4v) is 13.2. The highest BCUT2D eigenvalue weighted by Crippen LogP contribution is 2.46. The first-order chi connectivity index (χ1) is 39.6. The number of amides is 2. The third kappa shape index (κ3) is 14.7. The monoisotopic (exact) mass is 1300 g/mol. The molecular weight excluding hydrogens is 1260 g/mol. The van der Waals surface area contributed by atoms with Crippen molar-refractivity contribution in [3.8, 4) is 17.7 Å². The molecule has 0 saturated carbocycles. The Morgan fingerprint density at radius 1 is 0.718 bits per heavy atom. The number of benzene rings is 5. The fourth-order valence-electron chi connectivity index (χ4n) is 8.21. The van der Waals surface area contributed by atoms with Crippen molar-refractivity contribution in [2.75, 3.05) is 34.5 Å². The van der Waals surface area contributed by atoms with Gasteiger partial charge in [-0.15, -0.1) is 37.3 Å². The van der Waals surface area contributed by atoms with Gasteiger partial charge in [0.05, 0.1) is 50.1 Å². The molecule has 8 rings (SSSR count). The molecule has 0 aliphatic heterocycles. The summed E-state index contributed by atoms with van der Waals surface area (Å²) in [5, 5.41) is 52.9. The average molecular weight is 1300 g/mol. The van der Waals surface area contributed by atoms with E-state index in [0.717, 1.165) is 65.6 Å². The number of aromatic hydroxyl groups is 1. The number of azo groups is 3. The van der Waals surface area contributed by atoms with Crippen molar-refractivity contribution < 1.29 is 84.3 Å². The van der Waals surface area contributed by atoms with E-state index in [1.165, 1.54) is 43.3 Å². The summed E-state index contributed by atoms with van der Waals surface area (Å²) >= 11 is 1.78. The maximum absolute atomic E-state index is 12.7. The van der Waals surface area contributed by atoms with Crippen molar-refractivity contribution >= 4 is 168 Å². The van der Waals surface area contributed by atoms with Gasteiger partial charge in [0.2, 0.25) is 22.8 Å². The number of fused-ring (bicyclic) bond motifs is 6. The van der Waals surface area contributed by atoms with Crippen LogP contribution >= 0.6 is 23.1 Å². The van der Waals surface area contributed by atoms with Gasteiger partial charge >= 0.3 is 0 Å². The number of anilines is 2. The Hall–Kier alpha value is -8.07. The topological polar surface area (TPSA) is 488 Å². The van der Waals surface area contributed by atoms with Crippen LogP contribution < -0.4 is 15.4 Å². The molecule has 3 heterocycles. The summed E-state index contributed by atoms with van der Waals surface area (Å²) in [6.45, 7) is 4.85. The first-order valence-electron chi connectivity index (χ1n) is 23.8. The van der Waals surface area contributed by atoms with Gasteiger partial charge in [-0.25, -0.2) is 9.97 Å². The van der Waals surface area contributed by atoms with Crippen LogP contribution in [0.15, 0.2) is 111 Å². The minimum Gasteiger partial charge on any atom is -0.493 e. The Kier molecular flexibility index (Phi) is 17.9. The number of aryl methyl sites for hydroxylation is 1. The molecule has 5 aromatic carbocycles. The molecule has 31 nitrogen and oxygen atoms in total. The van der Waals surface area contributed by atoms with E-state index in [1.54, 1.807) is 6.92 Å². The van der Waals surface area contributed by atoms with E-state index in [-0.39, 0.29) is 118 Å². The van der Waals surface area contributed by atoms with Crippen molar-refractivity contribution in [3.05, 3.63) is 77.4 Å². The lowest BCUT2D eigenvalue weighted by atomic mass is 10.1. The lowest BCUT2D eigenvalue weighted by molar-refractivity contribution is -0.115. The van der Waals surface area contributed by atoms with E-state index in [9.17, 15) is 84.8 Å². The van der Waals surface area contributed by atoms with E-state index in [4.69, 9.17) is 4.74 Å². The zero-order valence-electron chi connectivity index (χ0n) is 43.8. The normalized spacial score (nSPS) is 12.8. The Morgan fingerprint density at radius 2 is 1.36 bits per heavy atom. The molecule has 446 valence electrons. The van der Waals surface area contributed by atoms with Crippen LogP contribution in [0.3, 0.4) is 0 Å². The molecule has 0 unspecified atom stereocenters. The predicted octanol–water partition coefficient (Wildman–Crippen LogP) is 9.37. The van der Waals surface area contributed by atoms with Gasteiger partial charge in [-0.3, -0.25) is 36.8 Å². The van der Waals surface area contributed by atoms with Crippen LogP contribution in [0.2, 0.25) is 0 Å². The Bertz CT molecular complexity index is 4890. The third-order valence-electron chi connectivity index (χ3n) is 11.8. The maximum Gasteiger partial charge on any atom is 0.296 e. The van der Waals surface area contributed by atoms with E-state index >= 15 is 0 Å². The van der Waals surface area contributed by atoms with Gasteiger partial charge in [0, 0.05) is 41.4 Å². The summed E-state index contributed by atoms with van der Waals surface area (Å²) in [7, 11) is -23.7. The summed E-state index contributed by atoms with van der Waals surface area (Å²) in [6, 6.07) is 13.7. The van der Waals surface area contributed by atoms with Crippen LogP contribution in [0.1, 0.15) is 43.4 Å². The van der Waals surface area contributed by atoms with E-state index in [0.29, 0.717) is 5.56 Å². The quantitative estimate of drug-likeness (QED) is 0.0144. The lowest BCUT2D eigenvalue weighted by Crippen LogP contribution is -2.08. The number of carbonyl (C=O) groups excluding carboxylic acids is 2. The van der Waals surface area contributed by atoms with Crippen LogP contribution in [-0.4, -0.2) is 120 Å². The van der Waals surface area contributed by atoms with Crippen LogP contribution in [-0.2, 0) is 60.2 Å². The van der Waals surface area contributed by atoms with Crippen LogP contribution in [0.4, 0.5) is 44.9 Å². The zero-order valence-corrected chi connectivity index (χ0v) is 49.6. The van der Waals surface area contributed by atoms with Crippen LogP contribution in [0, 0.1) is 25.2 Å². The molecule has 38 heteroatoms. The standard InChI is InChI=1S/C47H42N12O19S7/c1-22-13-34(55-57-41-23(2)30(21-48)45-51-36-16-27(49-24(3)60)17-40(85(75,76)77)43(36)59(45)46(41)62)37(78-9-5-11-81(63,64)65)19-31(22)53-56-35-18-32(50-25(4)61)33(20-38(35)79-10-6-12-82(66,67)68)54-58-47-52-42-39(84(72,73)74)15-26-14-28(83(69,70)71)7-8-29(26)44(42)80-47/h7-8,13-20,62H,5-6,9-12H2,1-4H3,(H,49,60)(H,50,61)(H,63,64,65)(H,66,67,68)(H,69,70,71)(H,72,73,74)(H,75,76,77). The largest absolute Gasteiger partial charge is 0.493 e. The molecule has 0 radical (unpaired) electrons. The maximum atomic E-state index is 12.7. The molecule has 0 saturated heterocycles. The molecule has 85 heavy (non-hydrogen) atoms. The fraction of sp³-hybridized carbons (Fsp3) is 0.213. The predicted molar refractivity (Wildman–Crippen MR) is 307 cm³/mol. The number of carbonyl (C=O) groups is 2. The molecule has 0 aliphatic rings. The van der Waals surface area contributed by atoms with Crippen molar-refractivity contribution in [1.29, 1.82) is 5.26 Å². The average Bonchev–Trinajstić information content (AvgIpc) is 4.21. The number of pyridine rings is 1. The Labute approximate surface area is 489 Å². The number of rotatable bonds is 21. The smallest absolute Gasteiger partial charge is 0.296 e. The first-order valence-corrected chi connectivity index (χ1v) is 33.1. The molecular formula is C47H42N12O19S7. The highest BCUT2D eigenvalue weighted by atomic mass is 32.2. The second-order valence-corrected chi connectivity index (χ2v) is 27.6. The summed E-state index contributed by atoms with van der Waals surface area (Å²) in [4.78, 5) is 31.2. The molecule has 0 atom stereocenters. The van der Waals surface area contributed by atoms with Gasteiger partial charge in [0.25, 0.3) is 50.6 Å². The zero-order chi connectivity index (χ0) is 62.3. The number of thiazole rings is 1. The number of hydrogen-bond acceptors (Lipinski definition) is 25. The van der Waals surface area contributed by atoms with Gasteiger partial charge < -0.3 is 20.5 Å². The molecule has 8 N–H and O–H groups in total. The SMILES string of the molecule is CC(=O)Nc1cc(S(=O)(=O)O)c2c(c1)nc1c(C#N)c(C)c(N=Nc3cc(C)c(N=Nc4cc(NC(C)=O)c(N=Nc5nc6c(S(=O)(=O)O)cc7cc(S(=O)(=O)O)ccc7c6s5)cc4SCCCS(=O)(=O)O)cc3OCCCS(=O)(=O)O)c(O)n12. The minimum absolute atomic E-state index is 0.0111. The van der Waals surface area contributed by atoms with Gasteiger partial charge in [0.15, 0.2) is 11.3 Å². The van der Waals surface area contributed by atoms with E-state index in [1.807, 2.05) is 6.07 Å². The molecule has 0 fully saturated rings. The number of nitriles is 1. The van der Waals surface area contributed by atoms with Gasteiger partial charge in [-0.1, -0.05) is 17.4 Å². The number of ether oxygens (including phenoxy) is 1. The molecule has 0 bridgehead atoms. The van der Waals surface area contributed by atoms with Gasteiger partial charge in [0.1, 0.15) is 49.8 Å². The Morgan fingerprint density at radius 3 is 2.00 bits per heavy atom. The summed E-state index contributed by atoms with van der Waals surface area (Å²) in [6.07, 6.45) is -0.348. The number of aromatic nitrogens is 3. The highest BCUT2D eigenvalue weighted by molar-refractivity contribution is 7.99. The Balaban J connectivity index is 1.23. The molecule has 0 aliphatic carbocycles. The van der Waals surface area contributed by atoms with E-state index in [2.05, 4.69) is 51.3 Å². The number of nitrogens with one attached hydrogen (secondary N) is 2. The number of hydrogen-bond donors (Lipinski definition) is 8. The third-order valence-corrected chi connectivity index (χ3v) is 18.1. The number of nitrogens with zero attached hydrogens (tertiary/aromatic N) is 10. The van der Waals surface area contributed by atoms with Crippen molar-refractivity contribution in [3.63, 3.8) is 0 Å². The van der Waals surface area contributed by atoms with Gasteiger partial charge in [-0.2, -0.15) is 52.5 Å².